The summed E-state index contributed by atoms with van der Waals surface area (Å²) in [6.07, 6.45) is 0. The van der Waals surface area contributed by atoms with Gasteiger partial charge in [0.1, 0.15) is 5.75 Å². The molecule has 2 heterocycles. The zero-order valence-corrected chi connectivity index (χ0v) is 14.8. The fourth-order valence-corrected chi connectivity index (χ4v) is 3.50. The van der Waals surface area contributed by atoms with Crippen molar-refractivity contribution in [3.8, 4) is 5.75 Å². The number of nitrogens with one attached hydrogen (secondary N) is 1. The van der Waals surface area contributed by atoms with Crippen LogP contribution in [0.3, 0.4) is 0 Å². The maximum absolute atomic E-state index is 10.0. The fraction of sp³-hybridized carbons (Fsp3) is 0.389. The number of phenolic OH excluding ortho intramolecular Hbond substituents is 1. The van der Waals surface area contributed by atoms with Crippen molar-refractivity contribution in [2.24, 2.45) is 4.99 Å². The molecule has 6 heteroatoms. The second-order valence-corrected chi connectivity index (χ2v) is 6.74. The van der Waals surface area contributed by atoms with E-state index < -0.39 is 0 Å². The van der Waals surface area contributed by atoms with E-state index in [2.05, 4.69) is 39.6 Å². The van der Waals surface area contributed by atoms with Crippen LogP contribution in [-0.2, 0) is 6.54 Å². The lowest BCUT2D eigenvalue weighted by Gasteiger charge is -2.37. The molecule has 0 spiro atoms. The number of piperazine rings is 1. The van der Waals surface area contributed by atoms with Gasteiger partial charge in [-0.25, -0.2) is 4.99 Å². The highest BCUT2D eigenvalue weighted by Crippen LogP contribution is 2.27. The Hall–Kier alpha value is -2.21. The molecule has 128 valence electrons. The molecule has 0 bridgehead atoms. The number of hydrogen-bond donors (Lipinski definition) is 2. The van der Waals surface area contributed by atoms with Crippen LogP contribution < -0.4 is 10.2 Å². The van der Waals surface area contributed by atoms with E-state index in [1.54, 1.807) is 17.4 Å². The molecule has 0 atom stereocenters. The second kappa shape index (κ2) is 8.06. The van der Waals surface area contributed by atoms with Crippen molar-refractivity contribution in [1.82, 2.24) is 10.2 Å². The zero-order valence-electron chi connectivity index (χ0n) is 14.0. The predicted octanol–water partition coefficient (Wildman–Crippen LogP) is 2.74. The Morgan fingerprint density at radius 1 is 1.17 bits per heavy atom. The summed E-state index contributed by atoms with van der Waals surface area (Å²) in [7, 11) is 0. The average Bonchev–Trinajstić information content (AvgIpc) is 3.13. The van der Waals surface area contributed by atoms with Gasteiger partial charge in [-0.15, -0.1) is 11.3 Å². The minimum atomic E-state index is 0.351. The van der Waals surface area contributed by atoms with Crippen molar-refractivity contribution in [2.45, 2.75) is 13.5 Å². The Balaban J connectivity index is 1.63. The number of phenols is 1. The summed E-state index contributed by atoms with van der Waals surface area (Å²) in [5.41, 5.74) is 0.915. The number of para-hydroxylation sites is 2. The van der Waals surface area contributed by atoms with E-state index in [-0.39, 0.29) is 0 Å². The summed E-state index contributed by atoms with van der Waals surface area (Å²) >= 11 is 1.74. The molecule has 0 amide bonds. The van der Waals surface area contributed by atoms with Crippen molar-refractivity contribution < 1.29 is 5.11 Å². The van der Waals surface area contributed by atoms with Gasteiger partial charge in [0, 0.05) is 37.6 Å². The first-order chi connectivity index (χ1) is 11.8. The minimum absolute atomic E-state index is 0.351. The Morgan fingerprint density at radius 2 is 1.96 bits per heavy atom. The van der Waals surface area contributed by atoms with Gasteiger partial charge >= 0.3 is 0 Å². The van der Waals surface area contributed by atoms with Gasteiger partial charge in [-0.2, -0.15) is 0 Å². The molecule has 0 radical (unpaired) electrons. The predicted molar refractivity (Wildman–Crippen MR) is 101 cm³/mol. The molecule has 1 aromatic heterocycles. The molecule has 3 rings (SSSR count). The smallest absolute Gasteiger partial charge is 0.194 e. The molecule has 0 saturated carbocycles. The highest BCUT2D eigenvalue weighted by atomic mass is 32.1. The van der Waals surface area contributed by atoms with Crippen LogP contribution in [0.5, 0.6) is 5.75 Å². The normalized spacial score (nSPS) is 15.6. The number of rotatable bonds is 4. The van der Waals surface area contributed by atoms with E-state index in [0.29, 0.717) is 5.75 Å². The van der Waals surface area contributed by atoms with Crippen LogP contribution in [0.15, 0.2) is 46.8 Å². The summed E-state index contributed by atoms with van der Waals surface area (Å²) in [4.78, 5) is 10.6. The van der Waals surface area contributed by atoms with Gasteiger partial charge in [0.25, 0.3) is 0 Å². The lowest BCUT2D eigenvalue weighted by Crippen LogP contribution is -2.52. The molecule has 2 N–H and O–H groups in total. The Labute approximate surface area is 147 Å². The van der Waals surface area contributed by atoms with Crippen LogP contribution in [-0.4, -0.2) is 48.7 Å². The topological polar surface area (TPSA) is 51.1 Å². The van der Waals surface area contributed by atoms with E-state index in [9.17, 15) is 5.11 Å². The SMILES string of the molecule is CCNC(=NCc1cccs1)N1CCN(c2ccccc2O)CC1. The van der Waals surface area contributed by atoms with Crippen molar-refractivity contribution in [3.05, 3.63) is 46.7 Å². The number of benzene rings is 1. The summed E-state index contributed by atoms with van der Waals surface area (Å²) in [5.74, 6) is 1.33. The first-order valence-corrected chi connectivity index (χ1v) is 9.24. The number of anilines is 1. The molecule has 24 heavy (non-hydrogen) atoms. The van der Waals surface area contributed by atoms with Gasteiger partial charge in [0.2, 0.25) is 0 Å². The summed E-state index contributed by atoms with van der Waals surface area (Å²) in [6.45, 7) is 7.22. The Bertz CT molecular complexity index is 663. The van der Waals surface area contributed by atoms with Crippen LogP contribution >= 0.6 is 11.3 Å². The molecule has 0 unspecified atom stereocenters. The number of guanidine groups is 1. The molecule has 2 aromatic rings. The third kappa shape index (κ3) is 4.00. The van der Waals surface area contributed by atoms with Crippen LogP contribution in [0.1, 0.15) is 11.8 Å². The molecule has 1 aliphatic heterocycles. The van der Waals surface area contributed by atoms with Crippen molar-refractivity contribution in [2.75, 3.05) is 37.6 Å². The largest absolute Gasteiger partial charge is 0.506 e. The molecule has 1 aromatic carbocycles. The lowest BCUT2D eigenvalue weighted by atomic mass is 10.2. The summed E-state index contributed by atoms with van der Waals surface area (Å²) in [6, 6.07) is 11.7. The maximum atomic E-state index is 10.0. The highest BCUT2D eigenvalue weighted by molar-refractivity contribution is 7.09. The number of aromatic hydroxyl groups is 1. The van der Waals surface area contributed by atoms with Crippen molar-refractivity contribution in [1.29, 1.82) is 0 Å². The van der Waals surface area contributed by atoms with Crippen LogP contribution in [0.25, 0.3) is 0 Å². The number of nitrogens with zero attached hydrogens (tertiary/aromatic N) is 3. The standard InChI is InChI=1S/C18H24N4OS/c1-2-19-18(20-14-15-6-5-13-24-15)22-11-9-21(10-12-22)16-7-3-4-8-17(16)23/h3-8,13,23H,2,9-12,14H2,1H3,(H,19,20). The van der Waals surface area contributed by atoms with E-state index in [1.165, 1.54) is 4.88 Å². The van der Waals surface area contributed by atoms with Gasteiger partial charge in [-0.05, 0) is 30.5 Å². The molecular formula is C18H24N4OS. The lowest BCUT2D eigenvalue weighted by molar-refractivity contribution is 0.370. The van der Waals surface area contributed by atoms with Gasteiger partial charge in [-0.1, -0.05) is 18.2 Å². The zero-order chi connectivity index (χ0) is 16.8. The van der Waals surface area contributed by atoms with E-state index in [4.69, 9.17) is 4.99 Å². The Morgan fingerprint density at radius 3 is 2.62 bits per heavy atom. The number of thiophene rings is 1. The van der Waals surface area contributed by atoms with Crippen LogP contribution in [0.2, 0.25) is 0 Å². The molecule has 0 aliphatic carbocycles. The molecular weight excluding hydrogens is 320 g/mol. The van der Waals surface area contributed by atoms with Gasteiger partial charge < -0.3 is 20.2 Å². The monoisotopic (exact) mass is 344 g/mol. The van der Waals surface area contributed by atoms with Crippen LogP contribution in [0, 0.1) is 0 Å². The summed E-state index contributed by atoms with van der Waals surface area (Å²) in [5, 5.41) is 15.5. The Kier molecular flexibility index (Phi) is 5.59. The molecule has 1 aliphatic rings. The quantitative estimate of drug-likeness (QED) is 0.661. The highest BCUT2D eigenvalue weighted by Gasteiger charge is 2.21. The van der Waals surface area contributed by atoms with Gasteiger partial charge in [0.05, 0.1) is 12.2 Å². The second-order valence-electron chi connectivity index (χ2n) is 5.71. The van der Waals surface area contributed by atoms with Gasteiger partial charge in [-0.3, -0.25) is 0 Å². The third-order valence-corrected chi connectivity index (χ3v) is 4.96. The van der Waals surface area contributed by atoms with Crippen molar-refractivity contribution in [3.63, 3.8) is 0 Å². The summed E-state index contributed by atoms with van der Waals surface area (Å²) < 4.78 is 0. The van der Waals surface area contributed by atoms with E-state index in [1.807, 2.05) is 18.2 Å². The van der Waals surface area contributed by atoms with E-state index in [0.717, 1.165) is 50.9 Å². The fourth-order valence-electron chi connectivity index (χ4n) is 2.87. The van der Waals surface area contributed by atoms with Crippen molar-refractivity contribution >= 4 is 23.0 Å². The van der Waals surface area contributed by atoms with E-state index >= 15 is 0 Å². The van der Waals surface area contributed by atoms with Gasteiger partial charge in [0.15, 0.2) is 5.96 Å². The first kappa shape index (κ1) is 16.6. The molecule has 1 saturated heterocycles. The third-order valence-electron chi connectivity index (χ3n) is 4.10. The molecule has 5 nitrogen and oxygen atoms in total. The number of aliphatic imine (C=N–C) groups is 1. The molecule has 1 fully saturated rings. The minimum Gasteiger partial charge on any atom is -0.506 e. The van der Waals surface area contributed by atoms with Crippen LogP contribution in [0.4, 0.5) is 5.69 Å². The first-order valence-electron chi connectivity index (χ1n) is 8.36. The number of hydrogen-bond acceptors (Lipinski definition) is 4. The average molecular weight is 344 g/mol. The maximum Gasteiger partial charge on any atom is 0.194 e.